The fourth-order valence-electron chi connectivity index (χ4n) is 1.79. The van der Waals surface area contributed by atoms with E-state index in [2.05, 4.69) is 5.32 Å². The fourth-order valence-corrected chi connectivity index (χ4v) is 2.13. The predicted octanol–water partition coefficient (Wildman–Crippen LogP) is 1.92. The van der Waals surface area contributed by atoms with Crippen molar-refractivity contribution in [3.63, 3.8) is 0 Å². The number of benzene rings is 1. The van der Waals surface area contributed by atoms with E-state index in [1.807, 2.05) is 0 Å². The number of nitrogens with one attached hydrogen (secondary N) is 1. The summed E-state index contributed by atoms with van der Waals surface area (Å²) >= 11 is 5.82. The Morgan fingerprint density at radius 1 is 1.35 bits per heavy atom. The van der Waals surface area contributed by atoms with Gasteiger partial charge >= 0.3 is 0 Å². The Hall–Kier alpha value is -1.42. The van der Waals surface area contributed by atoms with E-state index in [1.165, 1.54) is 0 Å². The SMILES string of the molecule is O=C(NC1(CCl)CC1)c1ccc2c(c1)OCO2. The van der Waals surface area contributed by atoms with Crippen LogP contribution in [0.25, 0.3) is 0 Å². The van der Waals surface area contributed by atoms with Gasteiger partial charge in [-0.1, -0.05) is 0 Å². The van der Waals surface area contributed by atoms with Gasteiger partial charge in [0.15, 0.2) is 11.5 Å². The van der Waals surface area contributed by atoms with E-state index in [9.17, 15) is 4.79 Å². The molecule has 0 atom stereocenters. The van der Waals surface area contributed by atoms with Crippen LogP contribution in [0.5, 0.6) is 11.5 Å². The van der Waals surface area contributed by atoms with Crippen LogP contribution < -0.4 is 14.8 Å². The minimum atomic E-state index is -0.186. The zero-order chi connectivity index (χ0) is 11.9. The number of carbonyl (C=O) groups excluding carboxylic acids is 1. The molecule has 5 heteroatoms. The van der Waals surface area contributed by atoms with Gasteiger partial charge in [-0.15, -0.1) is 11.6 Å². The molecule has 1 N–H and O–H groups in total. The lowest BCUT2D eigenvalue weighted by atomic mass is 10.1. The van der Waals surface area contributed by atoms with Crippen LogP contribution in [0.15, 0.2) is 18.2 Å². The number of hydrogen-bond acceptors (Lipinski definition) is 3. The van der Waals surface area contributed by atoms with E-state index in [0.29, 0.717) is 22.9 Å². The van der Waals surface area contributed by atoms with Crippen LogP contribution in [-0.2, 0) is 0 Å². The molecule has 2 aliphatic rings. The normalized spacial score (nSPS) is 18.9. The van der Waals surface area contributed by atoms with Crippen LogP contribution in [0.1, 0.15) is 23.2 Å². The van der Waals surface area contributed by atoms with Crippen molar-refractivity contribution < 1.29 is 14.3 Å². The van der Waals surface area contributed by atoms with Crippen molar-refractivity contribution in [2.45, 2.75) is 18.4 Å². The van der Waals surface area contributed by atoms with Crippen LogP contribution in [0, 0.1) is 0 Å². The second-order valence-electron chi connectivity index (χ2n) is 4.44. The van der Waals surface area contributed by atoms with Crippen LogP contribution in [-0.4, -0.2) is 24.1 Å². The number of rotatable bonds is 3. The second-order valence-corrected chi connectivity index (χ2v) is 4.70. The third kappa shape index (κ3) is 1.93. The number of amides is 1. The van der Waals surface area contributed by atoms with Crippen molar-refractivity contribution >= 4 is 17.5 Å². The minimum absolute atomic E-state index is 0.110. The maximum atomic E-state index is 12.0. The lowest BCUT2D eigenvalue weighted by Gasteiger charge is -2.13. The molecule has 0 bridgehead atoms. The summed E-state index contributed by atoms with van der Waals surface area (Å²) in [7, 11) is 0. The number of carbonyl (C=O) groups is 1. The standard InChI is InChI=1S/C12H12ClNO3/c13-6-12(3-4-12)14-11(15)8-1-2-9-10(5-8)17-7-16-9/h1-2,5H,3-4,6-7H2,(H,14,15). The summed E-state index contributed by atoms with van der Waals surface area (Å²) < 4.78 is 10.4. The van der Waals surface area contributed by atoms with E-state index in [4.69, 9.17) is 21.1 Å². The molecular formula is C12H12ClNO3. The Bertz CT molecular complexity index is 471. The molecule has 1 fully saturated rings. The van der Waals surface area contributed by atoms with Gasteiger partial charge in [0.05, 0.1) is 5.54 Å². The quantitative estimate of drug-likeness (QED) is 0.838. The largest absolute Gasteiger partial charge is 0.454 e. The van der Waals surface area contributed by atoms with Crippen molar-refractivity contribution in [1.82, 2.24) is 5.32 Å². The van der Waals surface area contributed by atoms with Gasteiger partial charge in [0.25, 0.3) is 5.91 Å². The van der Waals surface area contributed by atoms with Crippen molar-refractivity contribution in [1.29, 1.82) is 0 Å². The average molecular weight is 254 g/mol. The van der Waals surface area contributed by atoms with E-state index >= 15 is 0 Å². The molecule has 3 rings (SSSR count). The van der Waals surface area contributed by atoms with Gasteiger partial charge in [-0.3, -0.25) is 4.79 Å². The number of alkyl halides is 1. The molecule has 0 radical (unpaired) electrons. The van der Waals surface area contributed by atoms with E-state index < -0.39 is 0 Å². The molecule has 1 aliphatic carbocycles. The van der Waals surface area contributed by atoms with Gasteiger partial charge in [0.1, 0.15) is 0 Å². The summed E-state index contributed by atoms with van der Waals surface area (Å²) in [5.41, 5.74) is 0.389. The third-order valence-electron chi connectivity index (χ3n) is 3.12. The second kappa shape index (κ2) is 3.81. The molecule has 0 aromatic heterocycles. The molecule has 1 amide bonds. The van der Waals surface area contributed by atoms with Gasteiger partial charge in [0, 0.05) is 11.4 Å². The molecule has 1 heterocycles. The van der Waals surface area contributed by atoms with Crippen molar-refractivity contribution in [2.24, 2.45) is 0 Å². The lowest BCUT2D eigenvalue weighted by Crippen LogP contribution is -2.38. The Kier molecular flexibility index (Phi) is 2.40. The van der Waals surface area contributed by atoms with E-state index in [1.54, 1.807) is 18.2 Å². The Morgan fingerprint density at radius 3 is 2.82 bits per heavy atom. The molecule has 0 spiro atoms. The summed E-state index contributed by atoms with van der Waals surface area (Å²) in [6.45, 7) is 0.214. The molecule has 90 valence electrons. The molecule has 4 nitrogen and oxygen atoms in total. The Labute approximate surface area is 104 Å². The highest BCUT2D eigenvalue weighted by molar-refractivity contribution is 6.19. The third-order valence-corrected chi connectivity index (χ3v) is 3.63. The summed E-state index contributed by atoms with van der Waals surface area (Å²) in [6.07, 6.45) is 1.90. The van der Waals surface area contributed by atoms with Crippen molar-refractivity contribution in [2.75, 3.05) is 12.7 Å². The molecule has 17 heavy (non-hydrogen) atoms. The van der Waals surface area contributed by atoms with Gasteiger partial charge in [-0.05, 0) is 31.0 Å². The minimum Gasteiger partial charge on any atom is -0.454 e. The van der Waals surface area contributed by atoms with E-state index in [0.717, 1.165) is 12.8 Å². The summed E-state index contributed by atoms with van der Waals surface area (Å²) in [4.78, 5) is 12.0. The van der Waals surface area contributed by atoms with Crippen molar-refractivity contribution in [3.8, 4) is 11.5 Å². The molecule has 1 saturated carbocycles. The first-order valence-electron chi connectivity index (χ1n) is 5.51. The fraction of sp³-hybridized carbons (Fsp3) is 0.417. The number of fused-ring (bicyclic) bond motifs is 1. The number of halogens is 1. The zero-order valence-electron chi connectivity index (χ0n) is 9.16. The molecular weight excluding hydrogens is 242 g/mol. The number of hydrogen-bond donors (Lipinski definition) is 1. The van der Waals surface area contributed by atoms with Crippen LogP contribution in [0.2, 0.25) is 0 Å². The maximum Gasteiger partial charge on any atom is 0.251 e. The highest BCUT2D eigenvalue weighted by Crippen LogP contribution is 2.37. The molecule has 0 unspecified atom stereocenters. The van der Waals surface area contributed by atoms with Gasteiger partial charge < -0.3 is 14.8 Å². The van der Waals surface area contributed by atoms with Gasteiger partial charge in [-0.2, -0.15) is 0 Å². The van der Waals surface area contributed by atoms with Crippen LogP contribution in [0.4, 0.5) is 0 Å². The highest BCUT2D eigenvalue weighted by atomic mass is 35.5. The molecule has 1 aromatic carbocycles. The Balaban J connectivity index is 1.78. The van der Waals surface area contributed by atoms with Gasteiger partial charge in [-0.25, -0.2) is 0 Å². The monoisotopic (exact) mass is 253 g/mol. The number of ether oxygens (including phenoxy) is 2. The van der Waals surface area contributed by atoms with Crippen molar-refractivity contribution in [3.05, 3.63) is 23.8 Å². The zero-order valence-corrected chi connectivity index (χ0v) is 9.92. The first-order chi connectivity index (χ1) is 8.22. The first kappa shape index (κ1) is 10.7. The molecule has 1 aromatic rings. The molecule has 1 aliphatic heterocycles. The Morgan fingerprint density at radius 2 is 2.12 bits per heavy atom. The summed E-state index contributed by atoms with van der Waals surface area (Å²) in [5, 5.41) is 2.96. The summed E-state index contributed by atoms with van der Waals surface area (Å²) in [5.74, 6) is 1.65. The maximum absolute atomic E-state index is 12.0. The predicted molar refractivity (Wildman–Crippen MR) is 62.7 cm³/mol. The topological polar surface area (TPSA) is 47.6 Å². The molecule has 0 saturated heterocycles. The smallest absolute Gasteiger partial charge is 0.251 e. The van der Waals surface area contributed by atoms with Crippen LogP contribution in [0.3, 0.4) is 0 Å². The van der Waals surface area contributed by atoms with Gasteiger partial charge in [0.2, 0.25) is 6.79 Å². The average Bonchev–Trinajstić information content (AvgIpc) is 2.96. The summed E-state index contributed by atoms with van der Waals surface area (Å²) in [6, 6.07) is 5.17. The highest BCUT2D eigenvalue weighted by Gasteiger charge is 2.43. The lowest BCUT2D eigenvalue weighted by molar-refractivity contribution is 0.0935. The van der Waals surface area contributed by atoms with Crippen LogP contribution >= 0.6 is 11.6 Å². The first-order valence-corrected chi connectivity index (χ1v) is 6.04. The van der Waals surface area contributed by atoms with E-state index in [-0.39, 0.29) is 18.2 Å².